The number of para-hydroxylation sites is 2. The van der Waals surface area contributed by atoms with Crippen molar-refractivity contribution in [3.05, 3.63) is 41.4 Å². The van der Waals surface area contributed by atoms with E-state index in [4.69, 9.17) is 21.1 Å². The molecule has 2 amide bonds. The highest BCUT2D eigenvalue weighted by Gasteiger charge is 2.18. The molecule has 126 valence electrons. The van der Waals surface area contributed by atoms with Crippen LogP contribution >= 0.6 is 11.6 Å². The van der Waals surface area contributed by atoms with Gasteiger partial charge in [-0.15, -0.1) is 0 Å². The quantitative estimate of drug-likeness (QED) is 0.582. The number of hydrogen-bond acceptors (Lipinski definition) is 5. The van der Waals surface area contributed by atoms with Crippen LogP contribution in [0.4, 0.5) is 11.4 Å². The van der Waals surface area contributed by atoms with Crippen LogP contribution in [-0.2, 0) is 9.59 Å². The summed E-state index contributed by atoms with van der Waals surface area (Å²) in [5.74, 6) is -1.46. The smallest absolute Gasteiger partial charge is 0.314 e. The monoisotopic (exact) mass is 350 g/mol. The van der Waals surface area contributed by atoms with Crippen molar-refractivity contribution >= 4 is 34.8 Å². The van der Waals surface area contributed by atoms with Gasteiger partial charge in [-0.25, -0.2) is 0 Å². The van der Waals surface area contributed by atoms with E-state index in [-0.39, 0.29) is 22.9 Å². The van der Waals surface area contributed by atoms with E-state index in [0.717, 1.165) is 0 Å². The number of nitrogens with one attached hydrogen (secondary N) is 2. The zero-order chi connectivity index (χ0) is 17.7. The fraction of sp³-hybridized carbons (Fsp3) is 0.125. The van der Waals surface area contributed by atoms with Gasteiger partial charge in [0, 0.05) is 12.1 Å². The molecule has 0 aliphatic heterocycles. The first-order chi connectivity index (χ1) is 11.5. The standard InChI is InChI=1S/C16H15ClN2O5/c1-23-13-8-11(14(24-2)7-9(13)17)19-16(22)15(21)18-10-5-3-4-6-12(10)20/h3-8,20H,1-2H3,(H,18,21)(H,19,22). The number of anilines is 2. The molecule has 24 heavy (non-hydrogen) atoms. The first kappa shape index (κ1) is 17.4. The largest absolute Gasteiger partial charge is 0.506 e. The van der Waals surface area contributed by atoms with Gasteiger partial charge in [-0.05, 0) is 12.1 Å². The average molecular weight is 351 g/mol. The highest BCUT2D eigenvalue weighted by Crippen LogP contribution is 2.35. The van der Waals surface area contributed by atoms with Gasteiger partial charge < -0.3 is 25.2 Å². The summed E-state index contributed by atoms with van der Waals surface area (Å²) in [5, 5.41) is 14.6. The molecule has 0 aromatic heterocycles. The molecule has 0 heterocycles. The number of amides is 2. The Kier molecular flexibility index (Phi) is 5.49. The maximum absolute atomic E-state index is 12.0. The van der Waals surface area contributed by atoms with Crippen molar-refractivity contribution in [2.24, 2.45) is 0 Å². The third kappa shape index (κ3) is 3.88. The molecule has 0 aliphatic carbocycles. The van der Waals surface area contributed by atoms with Gasteiger partial charge >= 0.3 is 11.8 Å². The van der Waals surface area contributed by atoms with Gasteiger partial charge in [-0.3, -0.25) is 9.59 Å². The zero-order valence-electron chi connectivity index (χ0n) is 12.9. The number of phenols is 1. The van der Waals surface area contributed by atoms with Crippen molar-refractivity contribution in [3.63, 3.8) is 0 Å². The van der Waals surface area contributed by atoms with E-state index in [0.29, 0.717) is 10.8 Å². The summed E-state index contributed by atoms with van der Waals surface area (Å²) in [6.07, 6.45) is 0. The van der Waals surface area contributed by atoms with Crippen LogP contribution in [0.3, 0.4) is 0 Å². The normalized spacial score (nSPS) is 9.96. The molecule has 2 rings (SSSR count). The van der Waals surface area contributed by atoms with Crippen LogP contribution in [0.1, 0.15) is 0 Å². The lowest BCUT2D eigenvalue weighted by Crippen LogP contribution is -2.29. The minimum absolute atomic E-state index is 0.123. The Balaban J connectivity index is 2.17. The van der Waals surface area contributed by atoms with Gasteiger partial charge in [0.1, 0.15) is 17.2 Å². The average Bonchev–Trinajstić information content (AvgIpc) is 2.57. The molecular weight excluding hydrogens is 336 g/mol. The molecular formula is C16H15ClN2O5. The topological polar surface area (TPSA) is 96.9 Å². The van der Waals surface area contributed by atoms with Crippen molar-refractivity contribution in [2.75, 3.05) is 24.9 Å². The Morgan fingerprint density at radius 1 is 0.958 bits per heavy atom. The van der Waals surface area contributed by atoms with Crippen LogP contribution in [-0.4, -0.2) is 31.1 Å². The van der Waals surface area contributed by atoms with E-state index < -0.39 is 11.8 Å². The second-order valence-electron chi connectivity index (χ2n) is 4.61. The fourth-order valence-electron chi connectivity index (χ4n) is 1.90. The first-order valence-electron chi connectivity index (χ1n) is 6.78. The number of aromatic hydroxyl groups is 1. The summed E-state index contributed by atoms with van der Waals surface area (Å²) in [4.78, 5) is 24.0. The minimum atomic E-state index is -0.951. The number of phenolic OH excluding ortho intramolecular Hbond substituents is 1. The highest BCUT2D eigenvalue weighted by molar-refractivity contribution is 6.44. The lowest BCUT2D eigenvalue weighted by atomic mass is 10.2. The van der Waals surface area contributed by atoms with Gasteiger partial charge in [-0.2, -0.15) is 0 Å². The molecule has 0 fully saturated rings. The Morgan fingerprint density at radius 2 is 1.54 bits per heavy atom. The lowest BCUT2D eigenvalue weighted by Gasteiger charge is -2.13. The Bertz CT molecular complexity index is 779. The summed E-state index contributed by atoms with van der Waals surface area (Å²) in [7, 11) is 2.82. The Labute approximate surface area is 143 Å². The number of hydrogen-bond donors (Lipinski definition) is 3. The molecule has 7 nitrogen and oxygen atoms in total. The van der Waals surface area contributed by atoms with Crippen molar-refractivity contribution in [1.29, 1.82) is 0 Å². The molecule has 2 aromatic rings. The molecule has 0 aliphatic rings. The van der Waals surface area contributed by atoms with E-state index in [2.05, 4.69) is 10.6 Å². The molecule has 3 N–H and O–H groups in total. The number of methoxy groups -OCH3 is 2. The summed E-state index contributed by atoms with van der Waals surface area (Å²) >= 11 is 5.98. The predicted molar refractivity (Wildman–Crippen MR) is 89.9 cm³/mol. The molecule has 2 aromatic carbocycles. The van der Waals surface area contributed by atoms with Crippen LogP contribution in [0.15, 0.2) is 36.4 Å². The van der Waals surface area contributed by atoms with Crippen LogP contribution in [0.5, 0.6) is 17.2 Å². The summed E-state index contributed by atoms with van der Waals surface area (Å²) in [5.41, 5.74) is 0.342. The second kappa shape index (κ2) is 7.56. The lowest BCUT2D eigenvalue weighted by molar-refractivity contribution is -0.133. The van der Waals surface area contributed by atoms with Crippen LogP contribution in [0.2, 0.25) is 5.02 Å². The van der Waals surface area contributed by atoms with Crippen LogP contribution < -0.4 is 20.1 Å². The number of halogens is 1. The predicted octanol–water partition coefficient (Wildman–Crippen LogP) is 2.64. The molecule has 8 heteroatoms. The number of rotatable bonds is 4. The maximum Gasteiger partial charge on any atom is 0.314 e. The fourth-order valence-corrected chi connectivity index (χ4v) is 2.13. The van der Waals surface area contributed by atoms with Crippen molar-refractivity contribution in [2.45, 2.75) is 0 Å². The summed E-state index contributed by atoms with van der Waals surface area (Å²) < 4.78 is 10.2. The summed E-state index contributed by atoms with van der Waals surface area (Å²) in [6.45, 7) is 0. The molecule has 0 spiro atoms. The van der Waals surface area contributed by atoms with E-state index >= 15 is 0 Å². The number of benzene rings is 2. The molecule has 0 radical (unpaired) electrons. The van der Waals surface area contributed by atoms with Crippen molar-refractivity contribution < 1.29 is 24.2 Å². The molecule has 0 unspecified atom stereocenters. The van der Waals surface area contributed by atoms with Gasteiger partial charge in [0.25, 0.3) is 0 Å². The van der Waals surface area contributed by atoms with Crippen molar-refractivity contribution in [1.82, 2.24) is 0 Å². The van der Waals surface area contributed by atoms with E-state index in [9.17, 15) is 14.7 Å². The van der Waals surface area contributed by atoms with Gasteiger partial charge in [0.05, 0.1) is 30.6 Å². The van der Waals surface area contributed by atoms with Crippen LogP contribution in [0, 0.1) is 0 Å². The minimum Gasteiger partial charge on any atom is -0.506 e. The second-order valence-corrected chi connectivity index (χ2v) is 5.02. The van der Waals surface area contributed by atoms with E-state index in [1.165, 1.54) is 38.5 Å². The Hall–Kier alpha value is -2.93. The number of ether oxygens (including phenoxy) is 2. The molecule has 0 bridgehead atoms. The summed E-state index contributed by atoms with van der Waals surface area (Å²) in [6, 6.07) is 8.95. The number of carbonyl (C=O) groups is 2. The van der Waals surface area contributed by atoms with Crippen molar-refractivity contribution in [3.8, 4) is 17.2 Å². The van der Waals surface area contributed by atoms with E-state index in [1.807, 2.05) is 0 Å². The van der Waals surface area contributed by atoms with Gasteiger partial charge in [0.2, 0.25) is 0 Å². The Morgan fingerprint density at radius 3 is 2.12 bits per heavy atom. The molecule has 0 atom stereocenters. The zero-order valence-corrected chi connectivity index (χ0v) is 13.7. The third-order valence-electron chi connectivity index (χ3n) is 3.08. The molecule has 0 saturated carbocycles. The van der Waals surface area contributed by atoms with Gasteiger partial charge in [0.15, 0.2) is 0 Å². The highest BCUT2D eigenvalue weighted by atomic mass is 35.5. The third-order valence-corrected chi connectivity index (χ3v) is 3.38. The maximum atomic E-state index is 12.0. The number of carbonyl (C=O) groups excluding carboxylic acids is 2. The van der Waals surface area contributed by atoms with Gasteiger partial charge in [-0.1, -0.05) is 23.7 Å². The van der Waals surface area contributed by atoms with Crippen LogP contribution in [0.25, 0.3) is 0 Å². The first-order valence-corrected chi connectivity index (χ1v) is 7.16. The molecule has 0 saturated heterocycles. The van der Waals surface area contributed by atoms with E-state index in [1.54, 1.807) is 12.1 Å². The SMILES string of the molecule is COc1cc(NC(=O)C(=O)Nc2ccccc2O)c(OC)cc1Cl.